The highest BCUT2D eigenvalue weighted by atomic mass is 16.6. The van der Waals surface area contributed by atoms with Gasteiger partial charge in [-0.1, -0.05) is 24.3 Å². The molecule has 6 heteroatoms. The van der Waals surface area contributed by atoms with Crippen molar-refractivity contribution in [1.82, 2.24) is 10.6 Å². The van der Waals surface area contributed by atoms with Crippen molar-refractivity contribution in [2.45, 2.75) is 57.7 Å². The normalized spacial score (nSPS) is 19.7. The van der Waals surface area contributed by atoms with Crippen molar-refractivity contribution in [3.8, 4) is 0 Å². The highest BCUT2D eigenvalue weighted by molar-refractivity contribution is 5.77. The first-order chi connectivity index (χ1) is 11.7. The van der Waals surface area contributed by atoms with E-state index in [9.17, 15) is 14.7 Å². The van der Waals surface area contributed by atoms with Gasteiger partial charge in [-0.3, -0.25) is 4.79 Å². The van der Waals surface area contributed by atoms with E-state index in [4.69, 9.17) is 4.74 Å². The van der Waals surface area contributed by atoms with Crippen LogP contribution in [-0.4, -0.2) is 35.8 Å². The third-order valence-corrected chi connectivity index (χ3v) is 4.15. The van der Waals surface area contributed by atoms with Crippen LogP contribution in [0.5, 0.6) is 0 Å². The third kappa shape index (κ3) is 5.74. The summed E-state index contributed by atoms with van der Waals surface area (Å²) in [5, 5.41) is 16.2. The number of aryl methyl sites for hydroxylation is 1. The van der Waals surface area contributed by atoms with Gasteiger partial charge in [0.2, 0.25) is 5.91 Å². The van der Waals surface area contributed by atoms with Crippen LogP contribution in [0.1, 0.15) is 51.2 Å². The summed E-state index contributed by atoms with van der Waals surface area (Å²) >= 11 is 0. The SMILES string of the molecule is CC(C)(C)OC(=O)NCCC(=O)NC[C@@]1(O)CCCc2ccccc21. The highest BCUT2D eigenvalue weighted by Crippen LogP contribution is 2.34. The van der Waals surface area contributed by atoms with Crippen molar-refractivity contribution in [3.63, 3.8) is 0 Å². The third-order valence-electron chi connectivity index (χ3n) is 4.15. The monoisotopic (exact) mass is 348 g/mol. The maximum absolute atomic E-state index is 12.0. The lowest BCUT2D eigenvalue weighted by Crippen LogP contribution is -2.43. The zero-order chi connectivity index (χ0) is 18.5. The summed E-state index contributed by atoms with van der Waals surface area (Å²) in [5.74, 6) is -0.215. The Balaban J connectivity index is 1.78. The van der Waals surface area contributed by atoms with Crippen molar-refractivity contribution < 1.29 is 19.4 Å². The smallest absolute Gasteiger partial charge is 0.407 e. The van der Waals surface area contributed by atoms with Gasteiger partial charge in [0.15, 0.2) is 0 Å². The molecule has 138 valence electrons. The van der Waals surface area contributed by atoms with Crippen LogP contribution < -0.4 is 10.6 Å². The number of ether oxygens (including phenoxy) is 1. The van der Waals surface area contributed by atoms with Gasteiger partial charge in [-0.15, -0.1) is 0 Å². The second kappa shape index (κ2) is 7.87. The van der Waals surface area contributed by atoms with E-state index in [1.165, 1.54) is 0 Å². The molecule has 0 fully saturated rings. The zero-order valence-electron chi connectivity index (χ0n) is 15.2. The summed E-state index contributed by atoms with van der Waals surface area (Å²) in [4.78, 5) is 23.5. The van der Waals surface area contributed by atoms with Crippen LogP contribution in [0.15, 0.2) is 24.3 Å². The van der Waals surface area contributed by atoms with Crippen LogP contribution in [-0.2, 0) is 21.6 Å². The molecule has 1 aliphatic rings. The molecule has 0 aromatic heterocycles. The van der Waals surface area contributed by atoms with Gasteiger partial charge >= 0.3 is 6.09 Å². The van der Waals surface area contributed by atoms with E-state index in [-0.39, 0.29) is 25.4 Å². The number of aliphatic hydroxyl groups is 1. The van der Waals surface area contributed by atoms with Gasteiger partial charge in [-0.05, 0) is 51.2 Å². The second-order valence-electron chi connectivity index (χ2n) is 7.50. The fourth-order valence-corrected chi connectivity index (χ4v) is 3.01. The van der Waals surface area contributed by atoms with Gasteiger partial charge in [0.25, 0.3) is 0 Å². The topological polar surface area (TPSA) is 87.7 Å². The van der Waals surface area contributed by atoms with E-state index in [0.717, 1.165) is 24.0 Å². The molecule has 0 spiro atoms. The summed E-state index contributed by atoms with van der Waals surface area (Å²) in [6, 6.07) is 7.81. The second-order valence-corrected chi connectivity index (χ2v) is 7.50. The summed E-state index contributed by atoms with van der Waals surface area (Å²) in [6.45, 7) is 5.71. The minimum Gasteiger partial charge on any atom is -0.444 e. The average Bonchev–Trinajstić information content (AvgIpc) is 2.52. The van der Waals surface area contributed by atoms with E-state index in [0.29, 0.717) is 6.42 Å². The summed E-state index contributed by atoms with van der Waals surface area (Å²) < 4.78 is 5.11. The van der Waals surface area contributed by atoms with Crippen LogP contribution in [0, 0.1) is 0 Å². The largest absolute Gasteiger partial charge is 0.444 e. The quantitative estimate of drug-likeness (QED) is 0.761. The molecule has 3 N–H and O–H groups in total. The zero-order valence-corrected chi connectivity index (χ0v) is 15.2. The molecular formula is C19H28N2O4. The lowest BCUT2D eigenvalue weighted by atomic mass is 9.79. The van der Waals surface area contributed by atoms with Gasteiger partial charge in [0, 0.05) is 13.0 Å². The Morgan fingerprint density at radius 2 is 1.96 bits per heavy atom. The van der Waals surface area contributed by atoms with Crippen molar-refractivity contribution in [3.05, 3.63) is 35.4 Å². The molecule has 2 rings (SSSR count). The summed E-state index contributed by atoms with van der Waals surface area (Å²) in [5.41, 5.74) is 0.443. The molecular weight excluding hydrogens is 320 g/mol. The molecule has 1 aromatic rings. The Hall–Kier alpha value is -2.08. The minimum absolute atomic E-state index is 0.136. The Bertz CT molecular complexity index is 624. The lowest BCUT2D eigenvalue weighted by molar-refractivity contribution is -0.122. The van der Waals surface area contributed by atoms with Crippen LogP contribution in [0.4, 0.5) is 4.79 Å². The minimum atomic E-state index is -1.02. The average molecular weight is 348 g/mol. The number of hydrogen-bond donors (Lipinski definition) is 3. The number of alkyl carbamates (subject to hydrolysis) is 1. The number of rotatable bonds is 5. The predicted molar refractivity (Wildman–Crippen MR) is 95.1 cm³/mol. The first-order valence-corrected chi connectivity index (χ1v) is 8.74. The number of carbonyl (C=O) groups excluding carboxylic acids is 2. The maximum Gasteiger partial charge on any atom is 0.407 e. The van der Waals surface area contributed by atoms with Crippen molar-refractivity contribution >= 4 is 12.0 Å². The van der Waals surface area contributed by atoms with Gasteiger partial charge in [0.1, 0.15) is 11.2 Å². The molecule has 0 saturated heterocycles. The van der Waals surface area contributed by atoms with Crippen molar-refractivity contribution in [2.24, 2.45) is 0 Å². The highest BCUT2D eigenvalue weighted by Gasteiger charge is 2.34. The number of benzene rings is 1. The van der Waals surface area contributed by atoms with Crippen LogP contribution in [0.2, 0.25) is 0 Å². The Labute approximate surface area is 149 Å². The Kier molecular flexibility index (Phi) is 6.06. The molecule has 0 radical (unpaired) electrons. The molecule has 0 aliphatic heterocycles. The van der Waals surface area contributed by atoms with Gasteiger partial charge < -0.3 is 20.5 Å². The summed E-state index contributed by atoms with van der Waals surface area (Å²) in [6.07, 6.45) is 2.06. The molecule has 2 amide bonds. The van der Waals surface area contributed by atoms with E-state index in [1.54, 1.807) is 20.8 Å². The fourth-order valence-electron chi connectivity index (χ4n) is 3.01. The molecule has 1 aliphatic carbocycles. The van der Waals surface area contributed by atoms with Crippen molar-refractivity contribution in [2.75, 3.05) is 13.1 Å². The van der Waals surface area contributed by atoms with E-state index in [1.807, 2.05) is 24.3 Å². The molecule has 25 heavy (non-hydrogen) atoms. The van der Waals surface area contributed by atoms with Gasteiger partial charge in [0.05, 0.1) is 6.54 Å². The number of carbonyl (C=O) groups is 2. The lowest BCUT2D eigenvalue weighted by Gasteiger charge is -2.34. The number of amides is 2. The van der Waals surface area contributed by atoms with Crippen LogP contribution in [0.3, 0.4) is 0 Å². The van der Waals surface area contributed by atoms with Crippen LogP contribution >= 0.6 is 0 Å². The molecule has 0 heterocycles. The maximum atomic E-state index is 12.0. The Morgan fingerprint density at radius 3 is 2.68 bits per heavy atom. The van der Waals surface area contributed by atoms with E-state index >= 15 is 0 Å². The standard InChI is InChI=1S/C19H28N2O4/c1-18(2,3)25-17(23)20-12-10-16(22)21-13-19(24)11-6-8-14-7-4-5-9-15(14)19/h4-5,7,9,24H,6,8,10-13H2,1-3H3,(H,20,23)(H,21,22)/t19-/m0/s1. The first-order valence-electron chi connectivity index (χ1n) is 8.74. The number of hydrogen-bond acceptors (Lipinski definition) is 4. The van der Waals surface area contributed by atoms with Crippen molar-refractivity contribution in [1.29, 1.82) is 0 Å². The van der Waals surface area contributed by atoms with Crippen LogP contribution in [0.25, 0.3) is 0 Å². The molecule has 1 atom stereocenters. The molecule has 0 saturated carbocycles. The van der Waals surface area contributed by atoms with Gasteiger partial charge in [-0.25, -0.2) is 4.79 Å². The number of fused-ring (bicyclic) bond motifs is 1. The molecule has 0 unspecified atom stereocenters. The predicted octanol–water partition coefficient (Wildman–Crippen LogP) is 2.24. The Morgan fingerprint density at radius 1 is 1.24 bits per heavy atom. The first kappa shape index (κ1) is 19.2. The van der Waals surface area contributed by atoms with E-state index in [2.05, 4.69) is 10.6 Å². The molecule has 1 aromatic carbocycles. The summed E-state index contributed by atoms with van der Waals surface area (Å²) in [7, 11) is 0. The number of nitrogens with one attached hydrogen (secondary N) is 2. The molecule has 6 nitrogen and oxygen atoms in total. The van der Waals surface area contributed by atoms with Gasteiger partial charge in [-0.2, -0.15) is 0 Å². The molecule has 0 bridgehead atoms. The van der Waals surface area contributed by atoms with E-state index < -0.39 is 17.3 Å². The fraction of sp³-hybridized carbons (Fsp3) is 0.579.